The number of likely N-dealkylation sites (N-methyl/N-ethyl adjacent to an activating group) is 1. The highest BCUT2D eigenvalue weighted by molar-refractivity contribution is 4.99. The number of nitrogens with one attached hydrogen (secondary N) is 1. The van der Waals surface area contributed by atoms with Crippen LogP contribution in [0.25, 0.3) is 0 Å². The maximum absolute atomic E-state index is 9.68. The summed E-state index contributed by atoms with van der Waals surface area (Å²) >= 11 is 0. The van der Waals surface area contributed by atoms with Crippen LogP contribution in [0, 0.1) is 5.92 Å². The van der Waals surface area contributed by atoms with Crippen molar-refractivity contribution in [1.29, 1.82) is 0 Å². The predicted molar refractivity (Wildman–Crippen MR) is 75.7 cm³/mol. The molecule has 2 atom stereocenters. The first-order valence-electron chi connectivity index (χ1n) is 7.83. The Morgan fingerprint density at radius 3 is 2.56 bits per heavy atom. The zero-order chi connectivity index (χ0) is 13.0. The average molecular weight is 254 g/mol. The molecule has 2 unspecified atom stereocenters. The Hall–Kier alpha value is -0.120. The third-order valence-electron chi connectivity index (χ3n) is 5.08. The molecular formula is C15H30N2O. The maximum atomic E-state index is 9.68. The Kier molecular flexibility index (Phi) is 5.05. The van der Waals surface area contributed by atoms with Gasteiger partial charge in [-0.05, 0) is 51.1 Å². The number of rotatable bonds is 7. The second kappa shape index (κ2) is 6.36. The summed E-state index contributed by atoms with van der Waals surface area (Å²) in [5.41, 5.74) is 0.00640. The minimum absolute atomic E-state index is 0.00640. The summed E-state index contributed by atoms with van der Waals surface area (Å²) in [6, 6.07) is 0.682. The van der Waals surface area contributed by atoms with Crippen molar-refractivity contribution in [2.45, 2.75) is 64.0 Å². The van der Waals surface area contributed by atoms with Crippen LogP contribution in [-0.2, 0) is 0 Å². The molecule has 0 heterocycles. The van der Waals surface area contributed by atoms with E-state index in [0.717, 1.165) is 31.8 Å². The van der Waals surface area contributed by atoms with Crippen molar-refractivity contribution in [3.63, 3.8) is 0 Å². The summed E-state index contributed by atoms with van der Waals surface area (Å²) in [5, 5.41) is 13.2. The molecule has 18 heavy (non-hydrogen) atoms. The predicted octanol–water partition coefficient (Wildman–Crippen LogP) is 2.00. The first kappa shape index (κ1) is 14.3. The van der Waals surface area contributed by atoms with Crippen LogP contribution in [0.3, 0.4) is 0 Å². The van der Waals surface area contributed by atoms with Crippen LogP contribution in [-0.4, -0.2) is 47.8 Å². The molecule has 2 aliphatic rings. The quantitative estimate of drug-likeness (QED) is 0.729. The highest BCUT2D eigenvalue weighted by Gasteiger charge is 2.40. The molecule has 106 valence electrons. The van der Waals surface area contributed by atoms with E-state index in [-0.39, 0.29) is 5.54 Å². The summed E-state index contributed by atoms with van der Waals surface area (Å²) in [5.74, 6) is 0.952. The van der Waals surface area contributed by atoms with Gasteiger partial charge in [-0.1, -0.05) is 20.3 Å². The van der Waals surface area contributed by atoms with E-state index < -0.39 is 0 Å². The van der Waals surface area contributed by atoms with E-state index in [1.54, 1.807) is 0 Å². The molecule has 0 radical (unpaired) electrons. The van der Waals surface area contributed by atoms with Crippen LogP contribution < -0.4 is 5.32 Å². The first-order valence-corrected chi connectivity index (χ1v) is 7.83. The SMILES string of the molecule is CCNC1(CO)CCC(N(CC)CC2CCC2)C1. The standard InChI is InChI=1S/C15H30N2O/c1-3-16-15(12-18)9-8-14(10-15)17(4-2)11-13-6-5-7-13/h13-14,16,18H,3-12H2,1-2H3. The van der Waals surface area contributed by atoms with Crippen molar-refractivity contribution in [2.24, 2.45) is 5.92 Å². The lowest BCUT2D eigenvalue weighted by Gasteiger charge is -2.36. The molecule has 2 saturated carbocycles. The van der Waals surface area contributed by atoms with Gasteiger partial charge in [0.1, 0.15) is 0 Å². The van der Waals surface area contributed by atoms with Gasteiger partial charge in [-0.3, -0.25) is 0 Å². The molecule has 3 nitrogen and oxygen atoms in total. The number of aliphatic hydroxyl groups is 1. The van der Waals surface area contributed by atoms with Crippen LogP contribution in [0.15, 0.2) is 0 Å². The van der Waals surface area contributed by atoms with Crippen LogP contribution >= 0.6 is 0 Å². The van der Waals surface area contributed by atoms with E-state index in [1.165, 1.54) is 32.2 Å². The second-order valence-electron chi connectivity index (χ2n) is 6.25. The van der Waals surface area contributed by atoms with Crippen molar-refractivity contribution >= 4 is 0 Å². The summed E-state index contributed by atoms with van der Waals surface area (Å²) in [4.78, 5) is 2.67. The van der Waals surface area contributed by atoms with Crippen LogP contribution in [0.1, 0.15) is 52.4 Å². The van der Waals surface area contributed by atoms with Crippen LogP contribution in [0.2, 0.25) is 0 Å². The normalized spacial score (nSPS) is 33.0. The zero-order valence-corrected chi connectivity index (χ0v) is 12.1. The smallest absolute Gasteiger partial charge is 0.0613 e. The Morgan fingerprint density at radius 2 is 2.06 bits per heavy atom. The summed E-state index contributed by atoms with van der Waals surface area (Å²) in [6.07, 6.45) is 7.79. The highest BCUT2D eigenvalue weighted by atomic mass is 16.3. The molecule has 3 heteroatoms. The second-order valence-corrected chi connectivity index (χ2v) is 6.25. The minimum Gasteiger partial charge on any atom is -0.394 e. The fourth-order valence-corrected chi connectivity index (χ4v) is 3.69. The first-order chi connectivity index (χ1) is 8.73. The van der Waals surface area contributed by atoms with E-state index in [1.807, 2.05) is 0 Å². The van der Waals surface area contributed by atoms with E-state index in [4.69, 9.17) is 0 Å². The Morgan fingerprint density at radius 1 is 1.28 bits per heavy atom. The number of nitrogens with zero attached hydrogens (tertiary/aromatic N) is 1. The van der Waals surface area contributed by atoms with Crippen molar-refractivity contribution in [3.05, 3.63) is 0 Å². The van der Waals surface area contributed by atoms with Gasteiger partial charge in [0.2, 0.25) is 0 Å². The highest BCUT2D eigenvalue weighted by Crippen LogP contribution is 2.35. The minimum atomic E-state index is 0.00640. The lowest BCUT2D eigenvalue weighted by atomic mass is 9.84. The summed E-state index contributed by atoms with van der Waals surface area (Å²) < 4.78 is 0. The van der Waals surface area contributed by atoms with Gasteiger partial charge in [0.05, 0.1) is 6.61 Å². The number of aliphatic hydroxyl groups excluding tert-OH is 1. The molecule has 0 aromatic heterocycles. The van der Waals surface area contributed by atoms with Crippen LogP contribution in [0.4, 0.5) is 0 Å². The monoisotopic (exact) mass is 254 g/mol. The lowest BCUT2D eigenvalue weighted by Crippen LogP contribution is -2.48. The molecule has 0 saturated heterocycles. The lowest BCUT2D eigenvalue weighted by molar-refractivity contribution is 0.120. The fourth-order valence-electron chi connectivity index (χ4n) is 3.69. The zero-order valence-electron chi connectivity index (χ0n) is 12.1. The molecule has 0 aliphatic heterocycles. The van der Waals surface area contributed by atoms with E-state index in [0.29, 0.717) is 12.6 Å². The van der Waals surface area contributed by atoms with Gasteiger partial charge >= 0.3 is 0 Å². The molecule has 2 aliphatic carbocycles. The Balaban J connectivity index is 1.88. The Bertz CT molecular complexity index is 255. The van der Waals surface area contributed by atoms with Crippen molar-refractivity contribution in [2.75, 3.05) is 26.2 Å². The van der Waals surface area contributed by atoms with Crippen molar-refractivity contribution in [3.8, 4) is 0 Å². The molecule has 0 amide bonds. The van der Waals surface area contributed by atoms with Gasteiger partial charge in [0, 0.05) is 18.1 Å². The Labute approximate surface area is 112 Å². The van der Waals surface area contributed by atoms with Gasteiger partial charge in [-0.2, -0.15) is 0 Å². The third kappa shape index (κ3) is 3.06. The maximum Gasteiger partial charge on any atom is 0.0613 e. The van der Waals surface area contributed by atoms with Gasteiger partial charge in [0.25, 0.3) is 0 Å². The molecule has 0 spiro atoms. The van der Waals surface area contributed by atoms with Gasteiger partial charge < -0.3 is 15.3 Å². The fraction of sp³-hybridized carbons (Fsp3) is 1.00. The van der Waals surface area contributed by atoms with Gasteiger partial charge in [0.15, 0.2) is 0 Å². The van der Waals surface area contributed by atoms with E-state index in [2.05, 4.69) is 24.1 Å². The molecule has 0 aromatic rings. The molecule has 0 bridgehead atoms. The molecule has 2 fully saturated rings. The number of hydrogen-bond acceptors (Lipinski definition) is 3. The third-order valence-corrected chi connectivity index (χ3v) is 5.08. The molecular weight excluding hydrogens is 224 g/mol. The van der Waals surface area contributed by atoms with Crippen molar-refractivity contribution < 1.29 is 5.11 Å². The molecule has 0 aromatic carbocycles. The molecule has 2 rings (SSSR count). The largest absolute Gasteiger partial charge is 0.394 e. The van der Waals surface area contributed by atoms with Crippen LogP contribution in [0.5, 0.6) is 0 Å². The molecule has 2 N–H and O–H groups in total. The van der Waals surface area contributed by atoms with Gasteiger partial charge in [-0.15, -0.1) is 0 Å². The van der Waals surface area contributed by atoms with E-state index in [9.17, 15) is 5.11 Å². The van der Waals surface area contributed by atoms with E-state index >= 15 is 0 Å². The summed E-state index contributed by atoms with van der Waals surface area (Å²) in [7, 11) is 0. The summed E-state index contributed by atoms with van der Waals surface area (Å²) in [6.45, 7) is 8.12. The average Bonchev–Trinajstić information content (AvgIpc) is 2.73. The van der Waals surface area contributed by atoms with Crippen molar-refractivity contribution in [1.82, 2.24) is 10.2 Å². The van der Waals surface area contributed by atoms with Gasteiger partial charge in [-0.25, -0.2) is 0 Å². The topological polar surface area (TPSA) is 35.5 Å². The number of hydrogen-bond donors (Lipinski definition) is 2.